The predicted molar refractivity (Wildman–Crippen MR) is 67.4 cm³/mol. The number of nitrogens with two attached hydrogens (primary N) is 1. The third-order valence-electron chi connectivity index (χ3n) is 3.34. The van der Waals surface area contributed by atoms with Crippen molar-refractivity contribution in [2.24, 2.45) is 5.73 Å². The predicted octanol–water partition coefficient (Wildman–Crippen LogP) is 2.52. The number of rotatable bonds is 3. The van der Waals surface area contributed by atoms with Gasteiger partial charge in [-0.05, 0) is 59.3 Å². The Kier molecular flexibility index (Phi) is 2.30. The maximum absolute atomic E-state index is 6.08. The molecule has 4 heteroatoms. The third-order valence-corrected chi connectivity index (χ3v) is 3.92. The van der Waals surface area contributed by atoms with Crippen LogP contribution >= 0.6 is 15.9 Å². The summed E-state index contributed by atoms with van der Waals surface area (Å²) in [6, 6.07) is 4.28. The van der Waals surface area contributed by atoms with Crippen molar-refractivity contribution in [1.29, 1.82) is 0 Å². The first-order valence-corrected chi connectivity index (χ1v) is 6.36. The summed E-state index contributed by atoms with van der Waals surface area (Å²) in [6.07, 6.45) is 8.39. The van der Waals surface area contributed by atoms with Crippen molar-refractivity contribution in [3.8, 4) is 0 Å². The molecule has 84 valence electrons. The van der Waals surface area contributed by atoms with Gasteiger partial charge in [-0.15, -0.1) is 0 Å². The van der Waals surface area contributed by atoms with Gasteiger partial charge in [0, 0.05) is 11.7 Å². The zero-order chi connectivity index (χ0) is 11.2. The van der Waals surface area contributed by atoms with Crippen molar-refractivity contribution in [3.05, 3.63) is 34.7 Å². The number of fused-ring (bicyclic) bond motifs is 1. The minimum Gasteiger partial charge on any atom is -0.325 e. The zero-order valence-corrected chi connectivity index (χ0v) is 10.6. The first-order valence-electron chi connectivity index (χ1n) is 5.57. The molecule has 3 nitrogen and oxygen atoms in total. The first kappa shape index (κ1) is 10.3. The number of imidazole rings is 1. The standard InChI is InChI=1S/C12H14BrN3/c13-10-8-15-11-7-9(2-6-16(10)11)1-3-12(14)4-5-12/h2,6-8H,1,3-5,14H2. The van der Waals surface area contributed by atoms with Crippen molar-refractivity contribution in [3.63, 3.8) is 0 Å². The highest BCUT2D eigenvalue weighted by Gasteiger charge is 2.37. The Bertz CT molecular complexity index is 528. The fourth-order valence-electron chi connectivity index (χ4n) is 1.95. The molecule has 0 saturated heterocycles. The lowest BCUT2D eigenvalue weighted by Crippen LogP contribution is -2.22. The average molecular weight is 280 g/mol. The summed E-state index contributed by atoms with van der Waals surface area (Å²) in [4.78, 5) is 4.32. The van der Waals surface area contributed by atoms with Crippen molar-refractivity contribution in [2.75, 3.05) is 0 Å². The topological polar surface area (TPSA) is 43.3 Å². The fraction of sp³-hybridized carbons (Fsp3) is 0.417. The molecule has 0 aromatic carbocycles. The van der Waals surface area contributed by atoms with Gasteiger partial charge in [0.25, 0.3) is 0 Å². The number of aromatic nitrogens is 2. The van der Waals surface area contributed by atoms with Crippen molar-refractivity contribution >= 4 is 21.6 Å². The maximum atomic E-state index is 6.08. The lowest BCUT2D eigenvalue weighted by molar-refractivity contribution is 0.609. The Morgan fingerprint density at radius 2 is 2.31 bits per heavy atom. The van der Waals surface area contributed by atoms with Crippen LogP contribution in [0.15, 0.2) is 29.1 Å². The second-order valence-corrected chi connectivity index (χ2v) is 5.52. The highest BCUT2D eigenvalue weighted by molar-refractivity contribution is 9.10. The highest BCUT2D eigenvalue weighted by Crippen LogP contribution is 2.36. The van der Waals surface area contributed by atoms with E-state index in [1.165, 1.54) is 18.4 Å². The van der Waals surface area contributed by atoms with Crippen LogP contribution in [0.2, 0.25) is 0 Å². The van der Waals surface area contributed by atoms with Crippen molar-refractivity contribution in [1.82, 2.24) is 9.38 Å². The van der Waals surface area contributed by atoms with E-state index in [0.717, 1.165) is 23.1 Å². The van der Waals surface area contributed by atoms with Crippen LogP contribution in [0.3, 0.4) is 0 Å². The van der Waals surface area contributed by atoms with Gasteiger partial charge in [-0.3, -0.25) is 4.40 Å². The zero-order valence-electron chi connectivity index (χ0n) is 8.99. The molecular weight excluding hydrogens is 266 g/mol. The molecule has 0 radical (unpaired) electrons. The Labute approximate surface area is 103 Å². The lowest BCUT2D eigenvalue weighted by atomic mass is 10.1. The number of aryl methyl sites for hydroxylation is 1. The van der Waals surface area contributed by atoms with Gasteiger partial charge in [0.2, 0.25) is 0 Å². The van der Waals surface area contributed by atoms with Crippen LogP contribution in [-0.2, 0) is 6.42 Å². The summed E-state index contributed by atoms with van der Waals surface area (Å²) in [5.74, 6) is 0. The van der Waals surface area contributed by atoms with E-state index in [-0.39, 0.29) is 5.54 Å². The van der Waals surface area contributed by atoms with Gasteiger partial charge in [-0.1, -0.05) is 0 Å². The monoisotopic (exact) mass is 279 g/mol. The van der Waals surface area contributed by atoms with Crippen LogP contribution in [0.1, 0.15) is 24.8 Å². The minimum atomic E-state index is 0.141. The van der Waals surface area contributed by atoms with Crippen LogP contribution in [0.5, 0.6) is 0 Å². The van der Waals surface area contributed by atoms with E-state index in [0.29, 0.717) is 0 Å². The SMILES string of the molecule is NC1(CCc2ccn3c(Br)cnc3c2)CC1. The molecule has 0 atom stereocenters. The first-order chi connectivity index (χ1) is 7.66. The van der Waals surface area contributed by atoms with E-state index in [9.17, 15) is 0 Å². The molecule has 2 aromatic heterocycles. The smallest absolute Gasteiger partial charge is 0.137 e. The second-order valence-electron chi connectivity index (χ2n) is 4.71. The highest BCUT2D eigenvalue weighted by atomic mass is 79.9. The molecule has 1 aliphatic carbocycles. The molecule has 0 amide bonds. The average Bonchev–Trinajstić information content (AvgIpc) is 2.91. The quantitative estimate of drug-likeness (QED) is 0.938. The number of halogens is 1. The molecule has 2 N–H and O–H groups in total. The fourth-order valence-corrected chi connectivity index (χ4v) is 2.35. The van der Waals surface area contributed by atoms with Crippen molar-refractivity contribution < 1.29 is 0 Å². The van der Waals surface area contributed by atoms with Crippen LogP contribution in [0, 0.1) is 0 Å². The molecule has 3 rings (SSSR count). The van der Waals surface area contributed by atoms with Crippen LogP contribution in [0.4, 0.5) is 0 Å². The van der Waals surface area contributed by atoms with E-state index < -0.39 is 0 Å². The summed E-state index contributed by atoms with van der Waals surface area (Å²) in [5, 5.41) is 0. The van der Waals surface area contributed by atoms with Gasteiger partial charge in [-0.25, -0.2) is 4.98 Å². The molecule has 0 unspecified atom stereocenters. The summed E-state index contributed by atoms with van der Waals surface area (Å²) in [6.45, 7) is 0. The Hall–Kier alpha value is -0.870. The largest absolute Gasteiger partial charge is 0.325 e. The van der Waals surface area contributed by atoms with Crippen LogP contribution in [0.25, 0.3) is 5.65 Å². The maximum Gasteiger partial charge on any atom is 0.137 e. The molecule has 0 aliphatic heterocycles. The molecule has 1 fully saturated rings. The third kappa shape index (κ3) is 1.87. The molecule has 0 bridgehead atoms. The molecule has 16 heavy (non-hydrogen) atoms. The van der Waals surface area contributed by atoms with Gasteiger partial charge in [0.1, 0.15) is 10.3 Å². The van der Waals surface area contributed by atoms with Gasteiger partial charge < -0.3 is 5.73 Å². The van der Waals surface area contributed by atoms with E-state index in [2.05, 4.69) is 39.2 Å². The van der Waals surface area contributed by atoms with E-state index in [4.69, 9.17) is 5.73 Å². The number of pyridine rings is 1. The summed E-state index contributed by atoms with van der Waals surface area (Å²) < 4.78 is 3.02. The van der Waals surface area contributed by atoms with Crippen LogP contribution < -0.4 is 5.73 Å². The Balaban J connectivity index is 1.82. The molecule has 1 aliphatic rings. The summed E-state index contributed by atoms with van der Waals surface area (Å²) >= 11 is 3.45. The second kappa shape index (κ2) is 3.57. The summed E-state index contributed by atoms with van der Waals surface area (Å²) in [7, 11) is 0. The van der Waals surface area contributed by atoms with Crippen molar-refractivity contribution in [2.45, 2.75) is 31.2 Å². The number of nitrogens with zero attached hydrogens (tertiary/aromatic N) is 2. The molecule has 1 saturated carbocycles. The van der Waals surface area contributed by atoms with Gasteiger partial charge in [0.05, 0.1) is 6.20 Å². The van der Waals surface area contributed by atoms with E-state index in [1.807, 2.05) is 10.6 Å². The molecular formula is C12H14BrN3. The van der Waals surface area contributed by atoms with Crippen LogP contribution in [-0.4, -0.2) is 14.9 Å². The van der Waals surface area contributed by atoms with E-state index >= 15 is 0 Å². The normalized spacial score (nSPS) is 17.9. The van der Waals surface area contributed by atoms with E-state index in [1.54, 1.807) is 0 Å². The Morgan fingerprint density at radius 1 is 1.50 bits per heavy atom. The minimum absolute atomic E-state index is 0.141. The molecule has 0 spiro atoms. The van der Waals surface area contributed by atoms with Gasteiger partial charge >= 0.3 is 0 Å². The molecule has 2 aromatic rings. The Morgan fingerprint density at radius 3 is 3.06 bits per heavy atom. The summed E-state index contributed by atoms with van der Waals surface area (Å²) in [5.41, 5.74) is 8.54. The number of hydrogen-bond acceptors (Lipinski definition) is 2. The lowest BCUT2D eigenvalue weighted by Gasteiger charge is -2.08. The number of hydrogen-bond donors (Lipinski definition) is 1. The van der Waals surface area contributed by atoms with Gasteiger partial charge in [0.15, 0.2) is 0 Å². The molecule has 2 heterocycles. The van der Waals surface area contributed by atoms with Gasteiger partial charge in [-0.2, -0.15) is 0 Å².